The van der Waals surface area contributed by atoms with Crippen LogP contribution in [-0.4, -0.2) is 18.2 Å². The largest absolute Gasteiger partial charge is 0.497 e. The van der Waals surface area contributed by atoms with E-state index in [-0.39, 0.29) is 23.6 Å². The predicted octanol–water partition coefficient (Wildman–Crippen LogP) is 4.43. The third-order valence-corrected chi connectivity index (χ3v) is 4.03. The molecule has 0 bridgehead atoms. The van der Waals surface area contributed by atoms with E-state index in [9.17, 15) is 9.18 Å². The van der Waals surface area contributed by atoms with Gasteiger partial charge >= 0.3 is 5.97 Å². The maximum atomic E-state index is 13.7. The van der Waals surface area contributed by atoms with Gasteiger partial charge in [0.15, 0.2) is 5.76 Å². The third-order valence-electron chi connectivity index (χ3n) is 3.68. The Morgan fingerprint density at radius 1 is 1.23 bits per heavy atom. The molecule has 0 saturated carbocycles. The number of carbonyl (C=O) groups is 1. The lowest BCUT2D eigenvalue weighted by Gasteiger charge is -2.05. The minimum atomic E-state index is -0.608. The summed E-state index contributed by atoms with van der Waals surface area (Å²) in [6.07, 6.45) is -0.258. The van der Waals surface area contributed by atoms with Crippen molar-refractivity contribution in [1.29, 1.82) is 0 Å². The van der Waals surface area contributed by atoms with E-state index in [0.29, 0.717) is 17.2 Å². The number of rotatable bonds is 6. The highest BCUT2D eigenvalue weighted by Gasteiger charge is 2.14. The van der Waals surface area contributed by atoms with Crippen molar-refractivity contribution in [3.63, 3.8) is 0 Å². The van der Waals surface area contributed by atoms with Gasteiger partial charge in [0.25, 0.3) is 0 Å². The van der Waals surface area contributed by atoms with Crippen molar-refractivity contribution >= 4 is 17.6 Å². The highest BCUT2D eigenvalue weighted by molar-refractivity contribution is 6.31. The monoisotopic (exact) mass is 375 g/mol. The molecular weight excluding hydrogens is 361 g/mol. The quantitative estimate of drug-likeness (QED) is 0.596. The molecule has 0 aliphatic heterocycles. The minimum absolute atomic E-state index is 0.0849. The molecule has 3 aromatic rings. The number of benzene rings is 2. The van der Waals surface area contributed by atoms with E-state index in [1.54, 1.807) is 19.2 Å². The van der Waals surface area contributed by atoms with Crippen LogP contribution in [0, 0.1) is 5.82 Å². The highest BCUT2D eigenvalue weighted by atomic mass is 35.5. The summed E-state index contributed by atoms with van der Waals surface area (Å²) in [5, 5.41) is 4.05. The van der Waals surface area contributed by atoms with Crippen LogP contribution in [0.15, 0.2) is 53.1 Å². The van der Waals surface area contributed by atoms with E-state index >= 15 is 0 Å². The molecule has 0 fully saturated rings. The Labute approximate surface area is 154 Å². The first-order valence-corrected chi connectivity index (χ1v) is 8.13. The molecule has 2 aromatic carbocycles. The zero-order valence-corrected chi connectivity index (χ0v) is 14.6. The van der Waals surface area contributed by atoms with Crippen LogP contribution < -0.4 is 4.74 Å². The fourth-order valence-corrected chi connectivity index (χ4v) is 2.57. The van der Waals surface area contributed by atoms with Crippen LogP contribution in [0.25, 0.3) is 11.3 Å². The summed E-state index contributed by atoms with van der Waals surface area (Å²) >= 11 is 5.90. The lowest BCUT2D eigenvalue weighted by molar-refractivity contribution is -0.144. The average Bonchev–Trinajstić information content (AvgIpc) is 3.12. The number of nitrogens with zero attached hydrogens (tertiary/aromatic N) is 1. The van der Waals surface area contributed by atoms with Crippen molar-refractivity contribution in [2.75, 3.05) is 7.11 Å². The van der Waals surface area contributed by atoms with Crippen molar-refractivity contribution in [3.8, 4) is 17.1 Å². The number of hydrogen-bond acceptors (Lipinski definition) is 5. The van der Waals surface area contributed by atoms with Crippen molar-refractivity contribution in [1.82, 2.24) is 5.16 Å². The number of ether oxygens (including phenoxy) is 2. The molecular formula is C19H15ClFNO4. The van der Waals surface area contributed by atoms with Gasteiger partial charge in [-0.15, -0.1) is 0 Å². The van der Waals surface area contributed by atoms with Crippen LogP contribution in [0.3, 0.4) is 0 Å². The first kappa shape index (κ1) is 17.9. The lowest BCUT2D eigenvalue weighted by Crippen LogP contribution is -2.09. The summed E-state index contributed by atoms with van der Waals surface area (Å²) < 4.78 is 29.2. The molecule has 3 rings (SSSR count). The minimum Gasteiger partial charge on any atom is -0.497 e. The molecule has 26 heavy (non-hydrogen) atoms. The molecule has 0 aliphatic rings. The summed E-state index contributed by atoms with van der Waals surface area (Å²) in [6.45, 7) is -0.0849. The van der Waals surface area contributed by atoms with Gasteiger partial charge in [-0.2, -0.15) is 0 Å². The van der Waals surface area contributed by atoms with Crippen molar-refractivity contribution in [2.45, 2.75) is 13.0 Å². The number of hydrogen-bond donors (Lipinski definition) is 0. The molecule has 0 aliphatic carbocycles. The van der Waals surface area contributed by atoms with Crippen molar-refractivity contribution < 1.29 is 23.2 Å². The second-order valence-electron chi connectivity index (χ2n) is 5.45. The summed E-state index contributed by atoms with van der Waals surface area (Å²) in [5.74, 6) is 0.0554. The van der Waals surface area contributed by atoms with Crippen LogP contribution in [0.4, 0.5) is 4.39 Å². The van der Waals surface area contributed by atoms with Crippen LogP contribution in [0.2, 0.25) is 5.02 Å². The van der Waals surface area contributed by atoms with Crippen LogP contribution in [0.1, 0.15) is 11.3 Å². The van der Waals surface area contributed by atoms with Gasteiger partial charge < -0.3 is 14.0 Å². The molecule has 7 heteroatoms. The molecule has 0 saturated heterocycles. The number of halogens is 2. The maximum absolute atomic E-state index is 13.7. The summed E-state index contributed by atoms with van der Waals surface area (Å²) in [5.41, 5.74) is 1.33. The second-order valence-corrected chi connectivity index (χ2v) is 5.86. The summed E-state index contributed by atoms with van der Waals surface area (Å²) in [4.78, 5) is 11.9. The van der Waals surface area contributed by atoms with Crippen molar-refractivity contribution in [3.05, 3.63) is 70.6 Å². The zero-order chi connectivity index (χ0) is 18.5. The van der Waals surface area contributed by atoms with Crippen LogP contribution >= 0.6 is 11.6 Å². The first-order valence-electron chi connectivity index (χ1n) is 7.75. The topological polar surface area (TPSA) is 61.6 Å². The number of aromatic nitrogens is 1. The van der Waals surface area contributed by atoms with Gasteiger partial charge in [0.2, 0.25) is 0 Å². The lowest BCUT2D eigenvalue weighted by atomic mass is 10.1. The third kappa shape index (κ3) is 4.21. The smallest absolute Gasteiger partial charge is 0.310 e. The van der Waals surface area contributed by atoms with E-state index in [1.165, 1.54) is 18.2 Å². The van der Waals surface area contributed by atoms with Gasteiger partial charge in [-0.25, -0.2) is 4.39 Å². The predicted molar refractivity (Wildman–Crippen MR) is 93.4 cm³/mol. The van der Waals surface area contributed by atoms with Gasteiger partial charge in [-0.05, 0) is 24.3 Å². The maximum Gasteiger partial charge on any atom is 0.310 e. The van der Waals surface area contributed by atoms with Gasteiger partial charge in [0.1, 0.15) is 23.9 Å². The molecule has 5 nitrogen and oxygen atoms in total. The molecule has 1 aromatic heterocycles. The SMILES string of the molecule is COc1cccc(-c2cc(COC(=O)Cc3c(F)cccc3Cl)no2)c1. The van der Waals surface area contributed by atoms with E-state index in [4.69, 9.17) is 25.6 Å². The highest BCUT2D eigenvalue weighted by Crippen LogP contribution is 2.25. The molecule has 0 atom stereocenters. The summed E-state index contributed by atoms with van der Waals surface area (Å²) in [6, 6.07) is 13.2. The van der Waals surface area contributed by atoms with Crippen molar-refractivity contribution in [2.24, 2.45) is 0 Å². The fraction of sp³-hybridized carbons (Fsp3) is 0.158. The molecule has 134 valence electrons. The van der Waals surface area contributed by atoms with Crippen LogP contribution in [-0.2, 0) is 22.6 Å². The Morgan fingerprint density at radius 2 is 2.04 bits per heavy atom. The normalized spacial score (nSPS) is 10.6. The van der Waals surface area contributed by atoms with Gasteiger partial charge in [0, 0.05) is 22.2 Å². The van der Waals surface area contributed by atoms with E-state index in [1.807, 2.05) is 18.2 Å². The van der Waals surface area contributed by atoms with Gasteiger partial charge in [0.05, 0.1) is 13.5 Å². The number of methoxy groups -OCH3 is 1. The standard InChI is InChI=1S/C19H15ClFNO4/c1-24-14-5-2-4-12(8-14)18-9-13(22-26-18)11-25-19(23)10-15-16(20)6-3-7-17(15)21/h2-9H,10-11H2,1H3. The Kier molecular flexibility index (Phi) is 5.53. The zero-order valence-electron chi connectivity index (χ0n) is 13.9. The van der Waals surface area contributed by atoms with Gasteiger partial charge in [-0.3, -0.25) is 4.79 Å². The molecule has 0 amide bonds. The molecule has 0 unspecified atom stereocenters. The summed E-state index contributed by atoms with van der Waals surface area (Å²) in [7, 11) is 1.58. The molecule has 0 spiro atoms. The molecule has 1 heterocycles. The Hall–Kier alpha value is -2.86. The Balaban J connectivity index is 1.62. The van der Waals surface area contributed by atoms with Crippen LogP contribution in [0.5, 0.6) is 5.75 Å². The first-order chi connectivity index (χ1) is 12.6. The average molecular weight is 376 g/mol. The second kappa shape index (κ2) is 8.01. The number of esters is 1. The fourth-order valence-electron chi connectivity index (χ4n) is 2.34. The number of carbonyl (C=O) groups excluding carboxylic acids is 1. The van der Waals surface area contributed by atoms with Gasteiger partial charge in [-0.1, -0.05) is 35.0 Å². The Morgan fingerprint density at radius 3 is 2.81 bits per heavy atom. The Bertz CT molecular complexity index is 905. The van der Waals surface area contributed by atoms with E-state index in [2.05, 4.69) is 5.16 Å². The molecule has 0 radical (unpaired) electrons. The van der Waals surface area contributed by atoms with E-state index in [0.717, 1.165) is 5.56 Å². The van der Waals surface area contributed by atoms with E-state index < -0.39 is 11.8 Å². The molecule has 0 N–H and O–H groups in total.